The molecule has 140 valence electrons. The molecule has 1 aliphatic rings. The number of nitrogens with one attached hydrogen (secondary N) is 1. The van der Waals surface area contributed by atoms with Gasteiger partial charge >= 0.3 is 0 Å². The van der Waals surface area contributed by atoms with E-state index >= 15 is 0 Å². The van der Waals surface area contributed by atoms with E-state index in [1.807, 2.05) is 55.5 Å². The lowest BCUT2D eigenvalue weighted by Gasteiger charge is -2.30. The van der Waals surface area contributed by atoms with Crippen LogP contribution >= 0.6 is 11.6 Å². The van der Waals surface area contributed by atoms with Gasteiger partial charge in [0.2, 0.25) is 5.91 Å². The van der Waals surface area contributed by atoms with E-state index in [0.29, 0.717) is 16.3 Å². The summed E-state index contributed by atoms with van der Waals surface area (Å²) in [6.07, 6.45) is 0. The van der Waals surface area contributed by atoms with Gasteiger partial charge < -0.3 is 10.2 Å². The number of anilines is 1. The minimum Gasteiger partial charge on any atom is -0.324 e. The van der Waals surface area contributed by atoms with E-state index in [1.54, 1.807) is 29.2 Å². The first kappa shape index (κ1) is 18.3. The molecule has 0 aromatic heterocycles. The second-order valence-electron chi connectivity index (χ2n) is 6.89. The van der Waals surface area contributed by atoms with Crippen LogP contribution in [0.1, 0.15) is 33.1 Å². The quantitative estimate of drug-likeness (QED) is 0.681. The van der Waals surface area contributed by atoms with Crippen LogP contribution in [-0.2, 0) is 4.79 Å². The summed E-state index contributed by atoms with van der Waals surface area (Å²) in [6, 6.07) is 22.0. The Balaban J connectivity index is 1.88. The molecule has 0 saturated carbocycles. The molecule has 3 aromatic carbocycles. The average Bonchev–Trinajstić information content (AvgIpc) is 2.84. The van der Waals surface area contributed by atoms with Gasteiger partial charge in [-0.25, -0.2) is 0 Å². The van der Waals surface area contributed by atoms with Crippen LogP contribution in [0.15, 0.2) is 72.8 Å². The van der Waals surface area contributed by atoms with Gasteiger partial charge in [-0.2, -0.15) is 0 Å². The summed E-state index contributed by atoms with van der Waals surface area (Å²) in [5.74, 6) is -0.431. The van der Waals surface area contributed by atoms with Crippen LogP contribution in [0, 0.1) is 6.92 Å². The Hall–Kier alpha value is -3.11. The predicted molar refractivity (Wildman–Crippen MR) is 111 cm³/mol. The highest BCUT2D eigenvalue weighted by molar-refractivity contribution is 6.30. The molecule has 1 atom stereocenters. The van der Waals surface area contributed by atoms with E-state index in [4.69, 9.17) is 11.6 Å². The van der Waals surface area contributed by atoms with Crippen LogP contribution in [0.25, 0.3) is 0 Å². The molecule has 0 aliphatic carbocycles. The number of hydrogen-bond donors (Lipinski definition) is 1. The number of carbonyl (C=O) groups is 2. The second-order valence-corrected chi connectivity index (χ2v) is 7.33. The second kappa shape index (κ2) is 7.49. The van der Waals surface area contributed by atoms with E-state index in [9.17, 15) is 9.59 Å². The topological polar surface area (TPSA) is 49.4 Å². The maximum atomic E-state index is 13.4. The minimum atomic E-state index is -0.428. The Bertz CT molecular complexity index is 1030. The number of nitrogens with zero attached hydrogens (tertiary/aromatic N) is 1. The van der Waals surface area contributed by atoms with E-state index < -0.39 is 6.04 Å². The van der Waals surface area contributed by atoms with Gasteiger partial charge in [0.25, 0.3) is 5.91 Å². The van der Waals surface area contributed by atoms with Crippen molar-refractivity contribution >= 4 is 29.1 Å². The summed E-state index contributed by atoms with van der Waals surface area (Å²) in [4.78, 5) is 27.6. The van der Waals surface area contributed by atoms with Crippen molar-refractivity contribution in [3.05, 3.63) is 100 Å². The number of halogens is 1. The molecule has 2 amide bonds. The maximum absolute atomic E-state index is 13.4. The molecule has 0 saturated heterocycles. The van der Waals surface area contributed by atoms with Crippen molar-refractivity contribution in [1.29, 1.82) is 0 Å². The highest BCUT2D eigenvalue weighted by Crippen LogP contribution is 2.37. The van der Waals surface area contributed by atoms with E-state index in [2.05, 4.69) is 5.32 Å². The fraction of sp³-hybridized carbons (Fsp3) is 0.130. The molecule has 1 unspecified atom stereocenters. The van der Waals surface area contributed by atoms with Crippen molar-refractivity contribution < 1.29 is 9.59 Å². The smallest absolute Gasteiger partial charge is 0.255 e. The van der Waals surface area contributed by atoms with Crippen LogP contribution in [0.4, 0.5) is 5.69 Å². The lowest BCUT2D eigenvalue weighted by Crippen LogP contribution is -2.39. The standard InChI is InChI=1S/C23H19ClN2O2/c1-15-7-9-17(10-8-15)23(28)26-14-21(27)25-20-12-11-18(24)13-19(20)22(26)16-5-3-2-4-6-16/h2-13,22H,14H2,1H3,(H,25,27). The van der Waals surface area contributed by atoms with Crippen LogP contribution in [0.3, 0.4) is 0 Å². The van der Waals surface area contributed by atoms with Gasteiger partial charge in [-0.05, 0) is 42.8 Å². The zero-order valence-corrected chi connectivity index (χ0v) is 16.1. The summed E-state index contributed by atoms with van der Waals surface area (Å²) in [7, 11) is 0. The zero-order chi connectivity index (χ0) is 19.7. The third kappa shape index (κ3) is 3.51. The van der Waals surface area contributed by atoms with E-state index in [0.717, 1.165) is 16.7 Å². The Morgan fingerprint density at radius 3 is 2.46 bits per heavy atom. The summed E-state index contributed by atoms with van der Waals surface area (Å²) >= 11 is 6.26. The molecule has 4 rings (SSSR count). The van der Waals surface area contributed by atoms with Gasteiger partial charge in [-0.1, -0.05) is 59.6 Å². The molecular formula is C23H19ClN2O2. The summed E-state index contributed by atoms with van der Waals surface area (Å²) in [6.45, 7) is 1.93. The lowest BCUT2D eigenvalue weighted by atomic mass is 9.95. The number of hydrogen-bond acceptors (Lipinski definition) is 2. The lowest BCUT2D eigenvalue weighted by molar-refractivity contribution is -0.117. The van der Waals surface area contributed by atoms with Gasteiger partial charge in [0, 0.05) is 21.8 Å². The zero-order valence-electron chi connectivity index (χ0n) is 15.4. The van der Waals surface area contributed by atoms with Crippen molar-refractivity contribution in [2.45, 2.75) is 13.0 Å². The fourth-order valence-electron chi connectivity index (χ4n) is 3.52. The van der Waals surface area contributed by atoms with Gasteiger partial charge in [0.1, 0.15) is 6.54 Å². The molecule has 0 spiro atoms. The van der Waals surface area contributed by atoms with Gasteiger partial charge in [-0.15, -0.1) is 0 Å². The van der Waals surface area contributed by atoms with E-state index in [-0.39, 0.29) is 18.4 Å². The normalized spacial score (nSPS) is 16.1. The highest BCUT2D eigenvalue weighted by atomic mass is 35.5. The third-order valence-corrected chi connectivity index (χ3v) is 5.12. The molecule has 1 N–H and O–H groups in total. The first-order valence-corrected chi connectivity index (χ1v) is 9.42. The number of amides is 2. The summed E-state index contributed by atoms with van der Waals surface area (Å²) < 4.78 is 0. The van der Waals surface area contributed by atoms with E-state index in [1.165, 1.54) is 0 Å². The average molecular weight is 391 g/mol. The first-order valence-electron chi connectivity index (χ1n) is 9.05. The molecule has 4 nitrogen and oxygen atoms in total. The van der Waals surface area contributed by atoms with Crippen LogP contribution in [0.2, 0.25) is 5.02 Å². The maximum Gasteiger partial charge on any atom is 0.255 e. The van der Waals surface area contributed by atoms with Crippen molar-refractivity contribution in [2.24, 2.45) is 0 Å². The van der Waals surface area contributed by atoms with Crippen molar-refractivity contribution in [3.63, 3.8) is 0 Å². The number of carbonyl (C=O) groups excluding carboxylic acids is 2. The minimum absolute atomic E-state index is 0.0431. The number of aryl methyl sites for hydroxylation is 1. The Labute approximate surface area is 168 Å². The molecule has 28 heavy (non-hydrogen) atoms. The predicted octanol–water partition coefficient (Wildman–Crippen LogP) is 4.83. The molecule has 0 radical (unpaired) electrons. The first-order chi connectivity index (χ1) is 13.5. The summed E-state index contributed by atoms with van der Waals surface area (Å²) in [5, 5.41) is 3.46. The number of fused-ring (bicyclic) bond motifs is 1. The Morgan fingerprint density at radius 1 is 1.04 bits per heavy atom. The fourth-order valence-corrected chi connectivity index (χ4v) is 3.70. The molecule has 5 heteroatoms. The molecular weight excluding hydrogens is 372 g/mol. The van der Waals surface area contributed by atoms with Crippen LogP contribution in [-0.4, -0.2) is 23.3 Å². The number of benzene rings is 3. The van der Waals surface area contributed by atoms with Gasteiger partial charge in [-0.3, -0.25) is 9.59 Å². The van der Waals surface area contributed by atoms with Crippen molar-refractivity contribution in [1.82, 2.24) is 4.90 Å². The largest absolute Gasteiger partial charge is 0.324 e. The molecule has 1 aliphatic heterocycles. The molecule has 0 bridgehead atoms. The molecule has 3 aromatic rings. The Kier molecular flexibility index (Phi) is 4.88. The number of rotatable bonds is 2. The summed E-state index contributed by atoms with van der Waals surface area (Å²) in [5.41, 5.74) is 4.00. The van der Waals surface area contributed by atoms with Gasteiger partial charge in [0.15, 0.2) is 0 Å². The van der Waals surface area contributed by atoms with Crippen molar-refractivity contribution in [3.8, 4) is 0 Å². The Morgan fingerprint density at radius 2 is 1.75 bits per heavy atom. The SMILES string of the molecule is Cc1ccc(C(=O)N2CC(=O)Nc3ccc(Cl)cc3C2c2ccccc2)cc1. The van der Waals surface area contributed by atoms with Crippen LogP contribution in [0.5, 0.6) is 0 Å². The monoisotopic (exact) mass is 390 g/mol. The molecule has 1 heterocycles. The molecule has 0 fully saturated rings. The highest BCUT2D eigenvalue weighted by Gasteiger charge is 2.34. The third-order valence-electron chi connectivity index (χ3n) is 4.88. The van der Waals surface area contributed by atoms with Crippen molar-refractivity contribution in [2.75, 3.05) is 11.9 Å². The van der Waals surface area contributed by atoms with Gasteiger partial charge in [0.05, 0.1) is 6.04 Å². The van der Waals surface area contributed by atoms with Crippen LogP contribution < -0.4 is 5.32 Å².